The summed E-state index contributed by atoms with van der Waals surface area (Å²) < 4.78 is 5.36. The van der Waals surface area contributed by atoms with Crippen LogP contribution in [-0.2, 0) is 14.3 Å². The van der Waals surface area contributed by atoms with E-state index in [1.54, 1.807) is 58.9 Å². The minimum atomic E-state index is -1.17. The smallest absolute Gasteiger partial charge is 0.408 e. The van der Waals surface area contributed by atoms with Gasteiger partial charge in [0.15, 0.2) is 0 Å². The lowest BCUT2D eigenvalue weighted by atomic mass is 9.94. The summed E-state index contributed by atoms with van der Waals surface area (Å²) in [6.45, 7) is 13.9. The van der Waals surface area contributed by atoms with Gasteiger partial charge in [-0.05, 0) is 75.8 Å². The van der Waals surface area contributed by atoms with Gasteiger partial charge >= 0.3 is 6.09 Å². The number of nitrogens with one attached hydrogen (secondary N) is 2. The molecule has 2 aromatic carbocycles. The summed E-state index contributed by atoms with van der Waals surface area (Å²) in [6, 6.07) is 10.5. The van der Waals surface area contributed by atoms with E-state index < -0.39 is 35.6 Å². The number of para-hydroxylation sites is 1. The first kappa shape index (κ1) is 30.7. The van der Waals surface area contributed by atoms with E-state index in [1.807, 2.05) is 39.0 Å². The molecular formula is C29H37ClN4O4. The van der Waals surface area contributed by atoms with Crippen molar-refractivity contribution in [1.29, 1.82) is 5.26 Å². The third-order valence-corrected chi connectivity index (χ3v) is 6.42. The summed E-state index contributed by atoms with van der Waals surface area (Å²) in [4.78, 5) is 41.7. The van der Waals surface area contributed by atoms with Crippen molar-refractivity contribution in [3.8, 4) is 6.07 Å². The fourth-order valence-corrected chi connectivity index (χ4v) is 4.27. The first-order valence-electron chi connectivity index (χ1n) is 12.5. The molecule has 2 atom stereocenters. The van der Waals surface area contributed by atoms with Crippen LogP contribution in [0.4, 0.5) is 10.5 Å². The Morgan fingerprint density at radius 3 is 2.21 bits per heavy atom. The third-order valence-electron chi connectivity index (χ3n) is 6.10. The molecule has 0 heterocycles. The van der Waals surface area contributed by atoms with Gasteiger partial charge in [0, 0.05) is 0 Å². The molecule has 0 aromatic heterocycles. The molecule has 0 aliphatic heterocycles. The minimum Gasteiger partial charge on any atom is -0.444 e. The normalized spacial score (nSPS) is 12.8. The van der Waals surface area contributed by atoms with E-state index in [9.17, 15) is 19.6 Å². The number of halogens is 1. The highest BCUT2D eigenvalue weighted by atomic mass is 35.5. The first-order chi connectivity index (χ1) is 17.7. The molecule has 0 fully saturated rings. The Balaban J connectivity index is 2.61. The maximum atomic E-state index is 14.0. The van der Waals surface area contributed by atoms with Crippen molar-refractivity contribution in [2.24, 2.45) is 5.92 Å². The second kappa shape index (κ2) is 12.8. The van der Waals surface area contributed by atoms with Crippen LogP contribution in [0, 0.1) is 38.0 Å². The Kier molecular flexibility index (Phi) is 10.3. The van der Waals surface area contributed by atoms with Crippen molar-refractivity contribution in [2.45, 2.75) is 73.1 Å². The van der Waals surface area contributed by atoms with Crippen LogP contribution in [0.5, 0.6) is 0 Å². The molecule has 204 valence electrons. The number of carbonyl (C=O) groups excluding carboxylic acids is 3. The molecular weight excluding hydrogens is 504 g/mol. The number of rotatable bonds is 8. The van der Waals surface area contributed by atoms with Gasteiger partial charge in [-0.2, -0.15) is 5.26 Å². The zero-order chi connectivity index (χ0) is 28.8. The predicted molar refractivity (Wildman–Crippen MR) is 149 cm³/mol. The molecule has 2 N–H and O–H groups in total. The third kappa shape index (κ3) is 7.72. The van der Waals surface area contributed by atoms with Gasteiger partial charge in [0.25, 0.3) is 5.91 Å². The van der Waals surface area contributed by atoms with Gasteiger partial charge in [-0.3, -0.25) is 9.59 Å². The summed E-state index contributed by atoms with van der Waals surface area (Å²) in [6.07, 6.45) is -0.763. The highest BCUT2D eigenvalue weighted by Gasteiger charge is 2.38. The van der Waals surface area contributed by atoms with Crippen LogP contribution in [-0.4, -0.2) is 41.0 Å². The molecule has 9 heteroatoms. The van der Waals surface area contributed by atoms with Crippen molar-refractivity contribution >= 4 is 35.2 Å². The second-order valence-electron chi connectivity index (χ2n) is 10.6. The van der Waals surface area contributed by atoms with E-state index in [0.717, 1.165) is 16.7 Å². The standard InChI is InChI=1S/C29H37ClN4O4/c1-17(2)23(33-28(37)38-29(6,7)8)27(36)34(16-15-31)25(21-13-9-11-18(3)20(21)5)26(35)32-24-19(4)12-10-14-22(24)30/h9-14,17,23,25H,16H2,1-8H3,(H,32,35)(H,33,37). The zero-order valence-corrected chi connectivity index (χ0v) is 24.1. The highest BCUT2D eigenvalue weighted by molar-refractivity contribution is 6.34. The van der Waals surface area contributed by atoms with Gasteiger partial charge < -0.3 is 20.3 Å². The molecule has 0 aliphatic rings. The van der Waals surface area contributed by atoms with Crippen LogP contribution in [0.1, 0.15) is 62.9 Å². The van der Waals surface area contributed by atoms with E-state index in [-0.39, 0.29) is 12.5 Å². The molecule has 0 radical (unpaired) electrons. The topological polar surface area (TPSA) is 112 Å². The number of nitriles is 1. The quantitative estimate of drug-likeness (QED) is 0.408. The average Bonchev–Trinajstić information content (AvgIpc) is 2.80. The van der Waals surface area contributed by atoms with Gasteiger partial charge in [-0.1, -0.05) is 55.8 Å². The Bertz CT molecular complexity index is 1210. The molecule has 2 aromatic rings. The maximum absolute atomic E-state index is 14.0. The molecule has 0 bridgehead atoms. The fourth-order valence-electron chi connectivity index (χ4n) is 4.00. The van der Waals surface area contributed by atoms with E-state index in [1.165, 1.54) is 4.90 Å². The first-order valence-corrected chi connectivity index (χ1v) is 12.8. The van der Waals surface area contributed by atoms with E-state index in [2.05, 4.69) is 10.6 Å². The van der Waals surface area contributed by atoms with E-state index >= 15 is 0 Å². The van der Waals surface area contributed by atoms with Gasteiger partial charge in [0.1, 0.15) is 24.2 Å². The monoisotopic (exact) mass is 540 g/mol. The number of benzene rings is 2. The number of hydrogen-bond acceptors (Lipinski definition) is 5. The molecule has 0 spiro atoms. The lowest BCUT2D eigenvalue weighted by Gasteiger charge is -2.35. The number of amides is 3. The summed E-state index contributed by atoms with van der Waals surface area (Å²) in [5.74, 6) is -1.47. The van der Waals surface area contributed by atoms with Crippen LogP contribution < -0.4 is 10.6 Å². The molecule has 0 saturated carbocycles. The maximum Gasteiger partial charge on any atom is 0.408 e. The van der Waals surface area contributed by atoms with Crippen molar-refractivity contribution in [1.82, 2.24) is 10.2 Å². The Morgan fingerprint density at radius 2 is 1.66 bits per heavy atom. The Morgan fingerprint density at radius 1 is 1.05 bits per heavy atom. The van der Waals surface area contributed by atoms with Gasteiger partial charge in [-0.25, -0.2) is 4.79 Å². The Hall–Kier alpha value is -3.57. The van der Waals surface area contributed by atoms with Crippen molar-refractivity contribution in [2.75, 3.05) is 11.9 Å². The van der Waals surface area contributed by atoms with Crippen LogP contribution in [0.2, 0.25) is 5.02 Å². The summed E-state index contributed by atoms with van der Waals surface area (Å²) in [5, 5.41) is 15.6. The number of carbonyl (C=O) groups is 3. The number of nitrogens with zero attached hydrogens (tertiary/aromatic N) is 2. The number of anilines is 1. The van der Waals surface area contributed by atoms with Gasteiger partial charge in [0.05, 0.1) is 16.8 Å². The highest BCUT2D eigenvalue weighted by Crippen LogP contribution is 2.31. The molecule has 38 heavy (non-hydrogen) atoms. The SMILES string of the molecule is Cc1cccc(C(C(=O)Nc2c(C)cccc2Cl)N(CC#N)C(=O)C(NC(=O)OC(C)(C)C)C(C)C)c1C. The number of aryl methyl sites for hydroxylation is 2. The predicted octanol–water partition coefficient (Wildman–Crippen LogP) is 5.85. The average molecular weight is 541 g/mol. The number of alkyl carbamates (subject to hydrolysis) is 1. The summed E-state index contributed by atoms with van der Waals surface area (Å²) >= 11 is 6.38. The van der Waals surface area contributed by atoms with E-state index in [0.29, 0.717) is 16.3 Å². The van der Waals surface area contributed by atoms with Crippen molar-refractivity contribution in [3.05, 3.63) is 63.7 Å². The number of ether oxygens (including phenoxy) is 1. The van der Waals surface area contributed by atoms with Crippen LogP contribution in [0.25, 0.3) is 0 Å². The Labute approximate surface area is 230 Å². The zero-order valence-electron chi connectivity index (χ0n) is 23.3. The number of hydrogen-bond donors (Lipinski definition) is 2. The summed E-state index contributed by atoms with van der Waals surface area (Å²) in [5.41, 5.74) is 2.69. The fraction of sp³-hybridized carbons (Fsp3) is 0.448. The minimum absolute atomic E-state index is 0.350. The van der Waals surface area contributed by atoms with Crippen molar-refractivity contribution < 1.29 is 19.1 Å². The summed E-state index contributed by atoms with van der Waals surface area (Å²) in [7, 11) is 0. The van der Waals surface area contributed by atoms with Crippen LogP contribution in [0.15, 0.2) is 36.4 Å². The molecule has 2 unspecified atom stereocenters. The van der Waals surface area contributed by atoms with Crippen LogP contribution in [0.3, 0.4) is 0 Å². The molecule has 8 nitrogen and oxygen atoms in total. The lowest BCUT2D eigenvalue weighted by molar-refractivity contribution is -0.141. The largest absolute Gasteiger partial charge is 0.444 e. The second-order valence-corrected chi connectivity index (χ2v) is 11.0. The van der Waals surface area contributed by atoms with Gasteiger partial charge in [0.2, 0.25) is 5.91 Å². The molecule has 0 aliphatic carbocycles. The van der Waals surface area contributed by atoms with Gasteiger partial charge in [-0.15, -0.1) is 0 Å². The molecule has 0 saturated heterocycles. The van der Waals surface area contributed by atoms with E-state index in [4.69, 9.17) is 16.3 Å². The molecule has 2 rings (SSSR count). The molecule has 3 amide bonds. The lowest BCUT2D eigenvalue weighted by Crippen LogP contribution is -2.54. The van der Waals surface area contributed by atoms with Crippen LogP contribution >= 0.6 is 11.6 Å². The van der Waals surface area contributed by atoms with Crippen molar-refractivity contribution in [3.63, 3.8) is 0 Å².